The Morgan fingerprint density at radius 2 is 1.67 bits per heavy atom. The van der Waals surface area contributed by atoms with Crippen molar-refractivity contribution in [1.82, 2.24) is 9.80 Å². The first-order chi connectivity index (χ1) is 17.5. The van der Waals surface area contributed by atoms with E-state index in [1.807, 2.05) is 37.3 Å². The molecule has 0 saturated carbocycles. The molecule has 0 aromatic heterocycles. The Hall–Kier alpha value is -3.81. The summed E-state index contributed by atoms with van der Waals surface area (Å²) < 4.78 is 17.0. The van der Waals surface area contributed by atoms with Crippen LogP contribution in [0, 0.1) is 6.92 Å². The number of hydrogen-bond donors (Lipinski definition) is 1. The van der Waals surface area contributed by atoms with Crippen molar-refractivity contribution in [2.45, 2.75) is 20.0 Å². The summed E-state index contributed by atoms with van der Waals surface area (Å²) in [6.45, 7) is 7.18. The van der Waals surface area contributed by atoms with E-state index in [0.717, 1.165) is 55.3 Å². The number of rotatable bonds is 5. The number of carbonyl (C=O) groups is 1. The average molecular weight is 485 g/mol. The molecule has 1 N–H and O–H groups in total. The molecule has 3 heterocycles. The minimum absolute atomic E-state index is 0.150. The fourth-order valence-corrected chi connectivity index (χ4v) is 4.97. The monoisotopic (exact) mass is 484 g/mol. The fraction of sp³-hybridized carbons (Fsp3) is 0.276. The molecule has 7 nitrogen and oxygen atoms in total. The summed E-state index contributed by atoms with van der Waals surface area (Å²) in [4.78, 5) is 17.7. The van der Waals surface area contributed by atoms with Crippen molar-refractivity contribution in [1.29, 1.82) is 0 Å². The lowest BCUT2D eigenvalue weighted by atomic mass is 10.0. The molecule has 0 radical (unpaired) electrons. The van der Waals surface area contributed by atoms with Gasteiger partial charge in [0.1, 0.15) is 11.5 Å². The number of benzene rings is 3. The maximum absolute atomic E-state index is 13.0. The highest BCUT2D eigenvalue weighted by Crippen LogP contribution is 2.40. The first-order valence-electron chi connectivity index (χ1n) is 12.2. The fourth-order valence-electron chi connectivity index (χ4n) is 4.97. The molecule has 6 rings (SSSR count). The van der Waals surface area contributed by atoms with Crippen LogP contribution < -0.4 is 14.2 Å². The topological polar surface area (TPSA) is 71.5 Å². The van der Waals surface area contributed by atoms with Crippen molar-refractivity contribution in [2.24, 2.45) is 0 Å². The van der Waals surface area contributed by atoms with E-state index in [1.54, 1.807) is 18.2 Å². The van der Waals surface area contributed by atoms with E-state index in [-0.39, 0.29) is 18.3 Å². The number of piperazine rings is 1. The number of allylic oxidation sites excluding steroid dienone is 1. The Bertz CT molecular complexity index is 1360. The quantitative estimate of drug-likeness (QED) is 0.540. The van der Waals surface area contributed by atoms with Crippen LogP contribution >= 0.6 is 0 Å². The predicted molar refractivity (Wildman–Crippen MR) is 135 cm³/mol. The van der Waals surface area contributed by atoms with Gasteiger partial charge in [0.2, 0.25) is 12.6 Å². The minimum atomic E-state index is -0.150. The summed E-state index contributed by atoms with van der Waals surface area (Å²) in [6.07, 6.45) is 1.79. The largest absolute Gasteiger partial charge is 0.507 e. The smallest absolute Gasteiger partial charge is 0.231 e. The van der Waals surface area contributed by atoms with E-state index in [2.05, 4.69) is 21.9 Å². The Balaban J connectivity index is 1.13. The second kappa shape index (κ2) is 9.33. The summed E-state index contributed by atoms with van der Waals surface area (Å²) in [5.74, 6) is 2.38. The van der Waals surface area contributed by atoms with E-state index in [0.29, 0.717) is 29.2 Å². The molecule has 36 heavy (non-hydrogen) atoms. The summed E-state index contributed by atoms with van der Waals surface area (Å²) in [6, 6.07) is 17.2. The molecule has 0 aliphatic carbocycles. The summed E-state index contributed by atoms with van der Waals surface area (Å²) in [5, 5.41) is 10.7. The van der Waals surface area contributed by atoms with Gasteiger partial charge in [0, 0.05) is 39.3 Å². The molecule has 1 fully saturated rings. The van der Waals surface area contributed by atoms with Gasteiger partial charge in [0.05, 0.1) is 11.1 Å². The van der Waals surface area contributed by atoms with Gasteiger partial charge < -0.3 is 19.3 Å². The maximum atomic E-state index is 13.0. The molecular weight excluding hydrogens is 456 g/mol. The van der Waals surface area contributed by atoms with Gasteiger partial charge in [-0.25, -0.2) is 0 Å². The Morgan fingerprint density at radius 1 is 0.917 bits per heavy atom. The van der Waals surface area contributed by atoms with Gasteiger partial charge in [-0.1, -0.05) is 30.3 Å². The molecule has 7 heteroatoms. The van der Waals surface area contributed by atoms with Crippen molar-refractivity contribution in [3.05, 3.63) is 88.2 Å². The normalized spacial score (nSPS) is 18.5. The number of hydrogen-bond acceptors (Lipinski definition) is 7. The number of aromatic hydroxyl groups is 1. The van der Waals surface area contributed by atoms with Crippen molar-refractivity contribution in [3.63, 3.8) is 0 Å². The van der Waals surface area contributed by atoms with Gasteiger partial charge in [0.15, 0.2) is 17.3 Å². The van der Waals surface area contributed by atoms with Crippen LogP contribution in [0.2, 0.25) is 0 Å². The number of ketones is 1. The predicted octanol–water partition coefficient (Wildman–Crippen LogP) is 4.36. The molecule has 0 amide bonds. The Labute approximate surface area is 210 Å². The SMILES string of the molecule is Cc1ccccc1/C=C1\Oc2c(ccc(O)c2CN2CCN(Cc3ccc4c(c3)OCO4)CC2)C1=O. The summed E-state index contributed by atoms with van der Waals surface area (Å²) >= 11 is 0. The van der Waals surface area contributed by atoms with Crippen LogP contribution in [0.15, 0.2) is 60.4 Å². The molecule has 3 aromatic carbocycles. The van der Waals surface area contributed by atoms with Crippen LogP contribution in [0.3, 0.4) is 0 Å². The van der Waals surface area contributed by atoms with E-state index in [9.17, 15) is 9.90 Å². The number of phenolic OH excluding ortho intramolecular Hbond substituents is 1. The van der Waals surface area contributed by atoms with Gasteiger partial charge in [0.25, 0.3) is 0 Å². The molecular formula is C29H28N2O5. The third-order valence-corrected chi connectivity index (χ3v) is 7.08. The number of ether oxygens (including phenoxy) is 3. The molecule has 3 aliphatic rings. The highest BCUT2D eigenvalue weighted by molar-refractivity contribution is 6.15. The van der Waals surface area contributed by atoms with Crippen molar-refractivity contribution in [3.8, 4) is 23.0 Å². The first kappa shape index (κ1) is 22.6. The van der Waals surface area contributed by atoms with Crippen molar-refractivity contribution < 1.29 is 24.1 Å². The highest BCUT2D eigenvalue weighted by atomic mass is 16.7. The number of nitrogens with zero attached hydrogens (tertiary/aromatic N) is 2. The lowest BCUT2D eigenvalue weighted by Crippen LogP contribution is -2.45. The third-order valence-electron chi connectivity index (χ3n) is 7.08. The number of Topliss-reactive ketones (excluding diaryl/α,β-unsaturated/α-hetero) is 1. The second-order valence-corrected chi connectivity index (χ2v) is 9.48. The van der Waals surface area contributed by atoms with Crippen LogP contribution in [0.25, 0.3) is 6.08 Å². The Kier molecular flexibility index (Phi) is 5.87. The van der Waals surface area contributed by atoms with Crippen LogP contribution in [-0.2, 0) is 13.1 Å². The van der Waals surface area contributed by atoms with Crippen molar-refractivity contribution in [2.75, 3.05) is 33.0 Å². The van der Waals surface area contributed by atoms with Gasteiger partial charge in [-0.2, -0.15) is 0 Å². The standard InChI is InChI=1S/C29H28N2O5/c1-19-4-2-3-5-21(19)15-27-28(33)22-7-8-24(32)23(29(22)36-27)17-31-12-10-30(11-13-31)16-20-6-9-25-26(14-20)35-18-34-25/h2-9,14-15,32H,10-13,16-18H2,1H3/b27-15-. The van der Waals surface area contributed by atoms with E-state index >= 15 is 0 Å². The van der Waals surface area contributed by atoms with E-state index in [1.165, 1.54) is 5.56 Å². The van der Waals surface area contributed by atoms with Gasteiger partial charge in [-0.3, -0.25) is 14.6 Å². The summed E-state index contributed by atoms with van der Waals surface area (Å²) in [7, 11) is 0. The first-order valence-corrected chi connectivity index (χ1v) is 12.2. The highest BCUT2D eigenvalue weighted by Gasteiger charge is 2.32. The lowest BCUT2D eigenvalue weighted by molar-refractivity contribution is 0.101. The van der Waals surface area contributed by atoms with Gasteiger partial charge in [-0.05, 0) is 54.0 Å². The molecule has 184 valence electrons. The van der Waals surface area contributed by atoms with Crippen molar-refractivity contribution >= 4 is 11.9 Å². The zero-order chi connectivity index (χ0) is 24.6. The number of aryl methyl sites for hydroxylation is 1. The molecule has 0 unspecified atom stereocenters. The second-order valence-electron chi connectivity index (χ2n) is 9.48. The molecule has 1 saturated heterocycles. The molecule has 3 aliphatic heterocycles. The molecule has 0 spiro atoms. The molecule has 3 aromatic rings. The van der Waals surface area contributed by atoms with Crippen LogP contribution in [0.5, 0.6) is 23.0 Å². The Morgan fingerprint density at radius 3 is 2.47 bits per heavy atom. The number of fused-ring (bicyclic) bond motifs is 2. The van der Waals surface area contributed by atoms with Gasteiger partial charge >= 0.3 is 0 Å². The number of carbonyl (C=O) groups excluding carboxylic acids is 1. The lowest BCUT2D eigenvalue weighted by Gasteiger charge is -2.35. The number of phenols is 1. The van der Waals surface area contributed by atoms with Crippen LogP contribution in [0.1, 0.15) is 32.6 Å². The zero-order valence-electron chi connectivity index (χ0n) is 20.2. The van der Waals surface area contributed by atoms with E-state index in [4.69, 9.17) is 14.2 Å². The summed E-state index contributed by atoms with van der Waals surface area (Å²) in [5.41, 5.74) is 4.38. The molecule has 0 atom stereocenters. The third kappa shape index (κ3) is 4.32. The van der Waals surface area contributed by atoms with Crippen LogP contribution in [-0.4, -0.2) is 53.7 Å². The minimum Gasteiger partial charge on any atom is -0.507 e. The van der Waals surface area contributed by atoms with E-state index < -0.39 is 0 Å². The average Bonchev–Trinajstić information content (AvgIpc) is 3.47. The zero-order valence-corrected chi connectivity index (χ0v) is 20.2. The maximum Gasteiger partial charge on any atom is 0.231 e. The van der Waals surface area contributed by atoms with Gasteiger partial charge in [-0.15, -0.1) is 0 Å². The van der Waals surface area contributed by atoms with Crippen LogP contribution in [0.4, 0.5) is 0 Å². The molecule has 0 bridgehead atoms.